The van der Waals surface area contributed by atoms with E-state index in [4.69, 9.17) is 0 Å². The minimum atomic E-state index is -0.555. The number of thioether (sulfide) groups is 1. The molecule has 2 nitrogen and oxygen atoms in total. The summed E-state index contributed by atoms with van der Waals surface area (Å²) in [4.78, 5) is 11.4. The Morgan fingerprint density at radius 1 is 1.22 bits per heavy atom. The van der Waals surface area contributed by atoms with E-state index in [1.54, 1.807) is 0 Å². The van der Waals surface area contributed by atoms with Gasteiger partial charge >= 0.3 is 5.97 Å². The fraction of sp³-hybridized carbons (Fsp3) is 0.933. The highest BCUT2D eigenvalue weighted by atomic mass is 32.2. The fourth-order valence-electron chi connectivity index (χ4n) is 3.59. The van der Waals surface area contributed by atoms with Gasteiger partial charge in [0.15, 0.2) is 0 Å². The highest BCUT2D eigenvalue weighted by Gasteiger charge is 2.36. The molecular formula is C15H26O2S. The van der Waals surface area contributed by atoms with Gasteiger partial charge in [-0.2, -0.15) is 11.8 Å². The van der Waals surface area contributed by atoms with E-state index < -0.39 is 5.97 Å². The van der Waals surface area contributed by atoms with Gasteiger partial charge in [-0.1, -0.05) is 32.6 Å². The highest BCUT2D eigenvalue weighted by molar-refractivity contribution is 8.00. The smallest absolute Gasteiger partial charge is 0.307 e. The molecule has 0 aliphatic heterocycles. The van der Waals surface area contributed by atoms with Crippen LogP contribution in [0.1, 0.15) is 64.7 Å². The Labute approximate surface area is 115 Å². The number of aliphatic carboxylic acids is 1. The Balaban J connectivity index is 1.92. The Kier molecular flexibility index (Phi) is 5.40. The maximum Gasteiger partial charge on any atom is 0.307 e. The predicted molar refractivity (Wildman–Crippen MR) is 77.0 cm³/mol. The van der Waals surface area contributed by atoms with E-state index in [1.807, 2.05) is 11.8 Å². The Morgan fingerprint density at radius 2 is 1.94 bits per heavy atom. The van der Waals surface area contributed by atoms with Crippen LogP contribution in [0.4, 0.5) is 0 Å². The van der Waals surface area contributed by atoms with E-state index in [1.165, 1.54) is 38.5 Å². The predicted octanol–water partition coefficient (Wildman–Crippen LogP) is 4.33. The number of rotatable bonds is 5. The molecule has 0 aromatic carbocycles. The summed E-state index contributed by atoms with van der Waals surface area (Å²) >= 11 is 2.01. The average Bonchev–Trinajstić information content (AvgIpc) is 2.82. The first-order valence-electron chi connectivity index (χ1n) is 7.59. The van der Waals surface area contributed by atoms with Crippen molar-refractivity contribution in [3.8, 4) is 0 Å². The molecule has 3 heteroatoms. The third-order valence-electron chi connectivity index (χ3n) is 4.58. The lowest BCUT2D eigenvalue weighted by molar-refractivity contribution is -0.142. The molecule has 1 N–H and O–H groups in total. The molecule has 0 saturated heterocycles. The summed E-state index contributed by atoms with van der Waals surface area (Å²) in [6.07, 6.45) is 11.0. The molecule has 0 heterocycles. The minimum absolute atomic E-state index is 0.0799. The standard InChI is InChI=1S/C15H26O2S/c1-2-5-11-8-9-13(15(16)17)14(10-11)18-12-6-3-4-7-12/h11-14H,2-10H2,1H3,(H,16,17). The van der Waals surface area contributed by atoms with Gasteiger partial charge in [0.1, 0.15) is 0 Å². The first kappa shape index (κ1) is 14.2. The Bertz CT molecular complexity index is 274. The summed E-state index contributed by atoms with van der Waals surface area (Å²) in [6, 6.07) is 0. The van der Waals surface area contributed by atoms with Crippen molar-refractivity contribution in [2.45, 2.75) is 75.2 Å². The van der Waals surface area contributed by atoms with E-state index in [0.29, 0.717) is 5.25 Å². The van der Waals surface area contributed by atoms with Crippen molar-refractivity contribution in [3.05, 3.63) is 0 Å². The molecular weight excluding hydrogens is 244 g/mol. The van der Waals surface area contributed by atoms with Crippen LogP contribution < -0.4 is 0 Å². The molecule has 0 aromatic heterocycles. The van der Waals surface area contributed by atoms with Gasteiger partial charge in [0.2, 0.25) is 0 Å². The molecule has 2 fully saturated rings. The van der Waals surface area contributed by atoms with Crippen LogP contribution >= 0.6 is 11.8 Å². The first-order valence-corrected chi connectivity index (χ1v) is 8.53. The third kappa shape index (κ3) is 3.66. The topological polar surface area (TPSA) is 37.3 Å². The monoisotopic (exact) mass is 270 g/mol. The van der Waals surface area contributed by atoms with E-state index >= 15 is 0 Å². The number of carboxylic acid groups (broad SMARTS) is 1. The van der Waals surface area contributed by atoms with Crippen molar-refractivity contribution in [1.82, 2.24) is 0 Å². The summed E-state index contributed by atoms with van der Waals surface area (Å²) in [5, 5.41) is 10.5. The van der Waals surface area contributed by atoms with Crippen molar-refractivity contribution in [3.63, 3.8) is 0 Å². The third-order valence-corrected chi connectivity index (χ3v) is 6.31. The molecule has 0 bridgehead atoms. The lowest BCUT2D eigenvalue weighted by Crippen LogP contribution is -2.33. The van der Waals surface area contributed by atoms with E-state index in [2.05, 4.69) is 6.92 Å². The Morgan fingerprint density at radius 3 is 2.56 bits per heavy atom. The minimum Gasteiger partial charge on any atom is -0.481 e. The van der Waals surface area contributed by atoms with Crippen LogP contribution in [-0.2, 0) is 4.79 Å². The summed E-state index contributed by atoms with van der Waals surface area (Å²) in [5.41, 5.74) is 0. The summed E-state index contributed by atoms with van der Waals surface area (Å²) in [6.45, 7) is 2.24. The van der Waals surface area contributed by atoms with Gasteiger partial charge in [-0.3, -0.25) is 4.79 Å². The number of carboxylic acids is 1. The second kappa shape index (κ2) is 6.83. The van der Waals surface area contributed by atoms with Crippen LogP contribution in [0.15, 0.2) is 0 Å². The molecule has 0 aromatic rings. The number of hydrogen-bond donors (Lipinski definition) is 1. The maximum atomic E-state index is 11.4. The highest BCUT2D eigenvalue weighted by Crippen LogP contribution is 2.43. The van der Waals surface area contributed by atoms with Crippen molar-refractivity contribution >= 4 is 17.7 Å². The molecule has 2 aliphatic carbocycles. The maximum absolute atomic E-state index is 11.4. The van der Waals surface area contributed by atoms with Gasteiger partial charge in [0.05, 0.1) is 5.92 Å². The van der Waals surface area contributed by atoms with Gasteiger partial charge in [0, 0.05) is 10.5 Å². The van der Waals surface area contributed by atoms with Gasteiger partial charge in [-0.15, -0.1) is 0 Å². The molecule has 0 radical (unpaired) electrons. The second-order valence-electron chi connectivity index (χ2n) is 5.99. The van der Waals surface area contributed by atoms with Crippen LogP contribution in [0.5, 0.6) is 0 Å². The molecule has 0 spiro atoms. The zero-order chi connectivity index (χ0) is 13.0. The zero-order valence-corrected chi connectivity index (χ0v) is 12.3. The van der Waals surface area contributed by atoms with Gasteiger partial charge in [0.25, 0.3) is 0 Å². The van der Waals surface area contributed by atoms with E-state index in [-0.39, 0.29) is 5.92 Å². The quantitative estimate of drug-likeness (QED) is 0.808. The summed E-state index contributed by atoms with van der Waals surface area (Å²) in [7, 11) is 0. The largest absolute Gasteiger partial charge is 0.481 e. The van der Waals surface area contributed by atoms with Gasteiger partial charge < -0.3 is 5.11 Å². The van der Waals surface area contributed by atoms with Crippen molar-refractivity contribution in [2.24, 2.45) is 11.8 Å². The molecule has 2 aliphatic rings. The summed E-state index contributed by atoms with van der Waals surface area (Å²) < 4.78 is 0. The van der Waals surface area contributed by atoms with Crippen LogP contribution in [0.2, 0.25) is 0 Å². The lowest BCUT2D eigenvalue weighted by atomic mass is 9.80. The van der Waals surface area contributed by atoms with Crippen LogP contribution in [0.25, 0.3) is 0 Å². The van der Waals surface area contributed by atoms with Gasteiger partial charge in [-0.25, -0.2) is 0 Å². The summed E-state index contributed by atoms with van der Waals surface area (Å²) in [5.74, 6) is 0.147. The van der Waals surface area contributed by atoms with Crippen molar-refractivity contribution < 1.29 is 9.90 Å². The molecule has 2 rings (SSSR count). The fourth-order valence-corrected chi connectivity index (χ4v) is 5.51. The van der Waals surface area contributed by atoms with E-state index in [9.17, 15) is 9.90 Å². The Hall–Kier alpha value is -0.180. The van der Waals surface area contributed by atoms with E-state index in [0.717, 1.165) is 30.4 Å². The zero-order valence-electron chi connectivity index (χ0n) is 11.4. The normalized spacial score (nSPS) is 33.7. The SMILES string of the molecule is CCCC1CCC(C(=O)O)C(SC2CCCC2)C1. The molecule has 2 saturated carbocycles. The molecule has 3 atom stereocenters. The molecule has 0 amide bonds. The van der Waals surface area contributed by atoms with Crippen LogP contribution in [0, 0.1) is 11.8 Å². The number of hydrogen-bond acceptors (Lipinski definition) is 2. The molecule has 3 unspecified atom stereocenters. The van der Waals surface area contributed by atoms with Crippen LogP contribution in [0.3, 0.4) is 0 Å². The second-order valence-corrected chi connectivity index (χ2v) is 7.54. The molecule has 18 heavy (non-hydrogen) atoms. The lowest BCUT2D eigenvalue weighted by Gasteiger charge is -2.35. The van der Waals surface area contributed by atoms with Crippen LogP contribution in [-0.4, -0.2) is 21.6 Å². The first-order chi connectivity index (χ1) is 8.70. The van der Waals surface area contributed by atoms with Crippen molar-refractivity contribution in [1.29, 1.82) is 0 Å². The number of carbonyl (C=O) groups is 1. The van der Waals surface area contributed by atoms with Crippen molar-refractivity contribution in [2.75, 3.05) is 0 Å². The van der Waals surface area contributed by atoms with Gasteiger partial charge in [-0.05, 0) is 38.0 Å². The molecule has 104 valence electrons. The average molecular weight is 270 g/mol.